The lowest BCUT2D eigenvalue weighted by Gasteiger charge is -2.27. The molecule has 0 radical (unpaired) electrons. The molecule has 0 saturated carbocycles. The zero-order valence-corrected chi connectivity index (χ0v) is 30.9. The van der Waals surface area contributed by atoms with Gasteiger partial charge in [-0.2, -0.15) is 0 Å². The highest BCUT2D eigenvalue weighted by Gasteiger charge is 2.20. The Bertz CT molecular complexity index is 3480. The van der Waals surface area contributed by atoms with Crippen LogP contribution in [-0.4, -0.2) is 0 Å². The molecule has 0 aliphatic rings. The van der Waals surface area contributed by atoms with E-state index in [2.05, 4.69) is 181 Å². The van der Waals surface area contributed by atoms with Crippen LogP contribution in [0.1, 0.15) is 0 Å². The van der Waals surface area contributed by atoms with Crippen molar-refractivity contribution in [3.05, 3.63) is 188 Å². The number of hydrogen-bond acceptors (Lipinski definition) is 4. The Morgan fingerprint density at radius 3 is 1.70 bits per heavy atom. The molecule has 0 N–H and O–H groups in total. The highest BCUT2D eigenvalue weighted by atomic mass is 32.1. The summed E-state index contributed by atoms with van der Waals surface area (Å²) in [6.07, 6.45) is 0. The Hall–Kier alpha value is -7.14. The predicted octanol–water partition coefficient (Wildman–Crippen LogP) is 15.8. The summed E-state index contributed by atoms with van der Waals surface area (Å²) in [5, 5.41) is 9.51. The zero-order valence-electron chi connectivity index (χ0n) is 30.1. The van der Waals surface area contributed by atoms with Crippen molar-refractivity contribution in [3.63, 3.8) is 0 Å². The van der Waals surface area contributed by atoms with Crippen molar-refractivity contribution in [3.8, 4) is 22.3 Å². The van der Waals surface area contributed by atoms with Crippen molar-refractivity contribution in [2.24, 2.45) is 0 Å². The Kier molecular flexibility index (Phi) is 6.80. The summed E-state index contributed by atoms with van der Waals surface area (Å²) in [6, 6.07) is 67.2. The van der Waals surface area contributed by atoms with E-state index in [-0.39, 0.29) is 0 Å². The van der Waals surface area contributed by atoms with Crippen LogP contribution in [0.5, 0.6) is 0 Å². The van der Waals surface area contributed by atoms with Crippen molar-refractivity contribution in [2.45, 2.75) is 0 Å². The van der Waals surface area contributed by atoms with E-state index >= 15 is 0 Å². The topological polar surface area (TPSA) is 29.5 Å². The molecule has 0 amide bonds. The first-order valence-corrected chi connectivity index (χ1v) is 19.7. The van der Waals surface area contributed by atoms with Crippen molar-refractivity contribution in [2.75, 3.05) is 4.90 Å². The molecule has 0 bridgehead atoms. The summed E-state index contributed by atoms with van der Waals surface area (Å²) in [5.41, 5.74) is 11.3. The van der Waals surface area contributed by atoms with E-state index in [0.717, 1.165) is 77.8 Å². The monoisotopic (exact) mass is 733 g/mol. The molecule has 262 valence electrons. The van der Waals surface area contributed by atoms with Crippen LogP contribution >= 0.6 is 11.3 Å². The summed E-state index contributed by atoms with van der Waals surface area (Å²) in [6.45, 7) is 0. The van der Waals surface area contributed by atoms with Gasteiger partial charge < -0.3 is 13.7 Å². The average molecular weight is 734 g/mol. The van der Waals surface area contributed by atoms with E-state index < -0.39 is 0 Å². The fraction of sp³-hybridized carbons (Fsp3) is 0. The van der Waals surface area contributed by atoms with E-state index in [1.165, 1.54) is 36.3 Å². The average Bonchev–Trinajstić information content (AvgIpc) is 3.96. The largest absolute Gasteiger partial charge is 0.455 e. The van der Waals surface area contributed by atoms with Gasteiger partial charge in [-0.25, -0.2) is 0 Å². The van der Waals surface area contributed by atoms with Gasteiger partial charge in [-0.1, -0.05) is 133 Å². The van der Waals surface area contributed by atoms with Gasteiger partial charge in [0, 0.05) is 64.2 Å². The Morgan fingerprint density at radius 2 is 0.929 bits per heavy atom. The summed E-state index contributed by atoms with van der Waals surface area (Å²) in [7, 11) is 0. The Labute approximate surface area is 325 Å². The first-order valence-electron chi connectivity index (χ1n) is 18.9. The molecular formula is C52H31NO2S. The smallest absolute Gasteiger partial charge is 0.143 e. The molecular weight excluding hydrogens is 703 g/mol. The van der Waals surface area contributed by atoms with Gasteiger partial charge in [0.05, 0.1) is 5.69 Å². The minimum atomic E-state index is 0.905. The van der Waals surface area contributed by atoms with Gasteiger partial charge >= 0.3 is 0 Å². The van der Waals surface area contributed by atoms with E-state index in [0.29, 0.717) is 0 Å². The number of nitrogens with zero attached hydrogens (tertiary/aromatic N) is 1. The predicted molar refractivity (Wildman–Crippen MR) is 237 cm³/mol. The van der Waals surface area contributed by atoms with E-state index in [9.17, 15) is 0 Å². The van der Waals surface area contributed by atoms with E-state index in [1.807, 2.05) is 23.5 Å². The lowest BCUT2D eigenvalue weighted by atomic mass is 9.99. The lowest BCUT2D eigenvalue weighted by molar-refractivity contribution is 0.670. The molecule has 0 atom stereocenters. The van der Waals surface area contributed by atoms with Crippen LogP contribution in [0.25, 0.3) is 97.1 Å². The van der Waals surface area contributed by atoms with Gasteiger partial charge in [-0.15, -0.1) is 11.3 Å². The number of hydrogen-bond donors (Lipinski definition) is 0. The third kappa shape index (κ3) is 4.70. The maximum Gasteiger partial charge on any atom is 0.143 e. The van der Waals surface area contributed by atoms with Crippen molar-refractivity contribution in [1.82, 2.24) is 0 Å². The first-order chi connectivity index (χ1) is 27.8. The van der Waals surface area contributed by atoms with Gasteiger partial charge in [-0.05, 0) is 76.5 Å². The number of furan rings is 2. The van der Waals surface area contributed by atoms with Crippen molar-refractivity contribution >= 4 is 103 Å². The third-order valence-electron chi connectivity index (χ3n) is 11.3. The molecule has 9 aromatic carbocycles. The number of anilines is 3. The van der Waals surface area contributed by atoms with Crippen molar-refractivity contribution in [1.29, 1.82) is 0 Å². The van der Waals surface area contributed by atoms with Crippen LogP contribution in [0.2, 0.25) is 0 Å². The molecule has 0 aliphatic carbocycles. The van der Waals surface area contributed by atoms with Gasteiger partial charge in [0.1, 0.15) is 22.3 Å². The number of para-hydroxylation sites is 3. The molecule has 0 spiro atoms. The molecule has 12 rings (SSSR count). The summed E-state index contributed by atoms with van der Waals surface area (Å²) >= 11 is 1.84. The fourth-order valence-electron chi connectivity index (χ4n) is 8.72. The van der Waals surface area contributed by atoms with E-state index in [4.69, 9.17) is 8.83 Å². The molecule has 3 nitrogen and oxygen atoms in total. The van der Waals surface area contributed by atoms with Crippen LogP contribution in [0, 0.1) is 0 Å². The van der Waals surface area contributed by atoms with Gasteiger partial charge in [0.2, 0.25) is 0 Å². The molecule has 0 saturated heterocycles. The van der Waals surface area contributed by atoms with Crippen LogP contribution < -0.4 is 4.90 Å². The quantitative estimate of drug-likeness (QED) is 0.176. The third-order valence-corrected chi connectivity index (χ3v) is 12.4. The number of benzene rings is 9. The van der Waals surface area contributed by atoms with Crippen LogP contribution in [0.3, 0.4) is 0 Å². The van der Waals surface area contributed by atoms with Crippen LogP contribution in [0.4, 0.5) is 17.1 Å². The Morgan fingerprint density at radius 1 is 0.357 bits per heavy atom. The second-order valence-electron chi connectivity index (χ2n) is 14.4. The molecule has 0 aliphatic heterocycles. The second kappa shape index (κ2) is 12.2. The maximum absolute atomic E-state index is 6.62. The first kappa shape index (κ1) is 31.2. The molecule has 12 aromatic rings. The SMILES string of the molecule is c1ccc2c(c1)ccc1oc3c(-c4ccc(N(c5ccc(-c6cccc7c6oc6ccccc67)cc5)c5cccc6sc7ccccc7c56)cc4)cccc3c12. The molecule has 0 unspecified atom stereocenters. The Balaban J connectivity index is 1.01. The highest BCUT2D eigenvalue weighted by Crippen LogP contribution is 2.46. The number of thiophene rings is 1. The lowest BCUT2D eigenvalue weighted by Crippen LogP contribution is -2.10. The standard InChI is InChI=1S/C52H31NO2S/c1-2-11-37-32(10-1)26-31-46-49(37)43-17-8-15-39(52(43)55-46)34-24-29-36(30-25-34)53(44-18-9-21-48-50(44)42-13-4-6-20-47(42)56-48)35-27-22-33(23-28-35)38-14-7-16-41-40-12-3-5-19-45(40)54-51(38)41/h1-31H. The van der Waals surface area contributed by atoms with Gasteiger partial charge in [-0.3, -0.25) is 0 Å². The number of fused-ring (bicyclic) bond motifs is 11. The molecule has 3 aromatic heterocycles. The van der Waals surface area contributed by atoms with Crippen molar-refractivity contribution < 1.29 is 8.83 Å². The van der Waals surface area contributed by atoms with Crippen LogP contribution in [0.15, 0.2) is 197 Å². The van der Waals surface area contributed by atoms with Crippen LogP contribution in [-0.2, 0) is 0 Å². The summed E-state index contributed by atoms with van der Waals surface area (Å²) < 4.78 is 15.6. The van der Waals surface area contributed by atoms with Gasteiger partial charge in [0.25, 0.3) is 0 Å². The van der Waals surface area contributed by atoms with Gasteiger partial charge in [0.15, 0.2) is 0 Å². The minimum absolute atomic E-state index is 0.905. The normalized spacial score (nSPS) is 11.9. The maximum atomic E-state index is 6.62. The summed E-state index contributed by atoms with van der Waals surface area (Å²) in [4.78, 5) is 2.39. The minimum Gasteiger partial charge on any atom is -0.455 e. The molecule has 4 heteroatoms. The molecule has 0 fully saturated rings. The zero-order chi connectivity index (χ0) is 36.7. The fourth-order valence-corrected chi connectivity index (χ4v) is 9.85. The summed E-state index contributed by atoms with van der Waals surface area (Å²) in [5.74, 6) is 0. The number of rotatable bonds is 5. The second-order valence-corrected chi connectivity index (χ2v) is 15.5. The molecule has 56 heavy (non-hydrogen) atoms. The highest BCUT2D eigenvalue weighted by molar-refractivity contribution is 7.26. The molecule has 3 heterocycles. The van der Waals surface area contributed by atoms with E-state index in [1.54, 1.807) is 0 Å².